The summed E-state index contributed by atoms with van der Waals surface area (Å²) in [4.78, 5) is 30.0. The van der Waals surface area contributed by atoms with Crippen LogP contribution in [0.25, 0.3) is 0 Å². The van der Waals surface area contributed by atoms with E-state index in [1.807, 2.05) is 6.92 Å². The highest BCUT2D eigenvalue weighted by atomic mass is 16.6. The van der Waals surface area contributed by atoms with E-state index in [0.29, 0.717) is 6.42 Å². The van der Waals surface area contributed by atoms with Crippen LogP contribution in [0.2, 0.25) is 0 Å². The summed E-state index contributed by atoms with van der Waals surface area (Å²) in [7, 11) is 0. The first-order chi connectivity index (χ1) is 6.93. The van der Waals surface area contributed by atoms with E-state index in [-0.39, 0.29) is 0 Å². The molecule has 0 aromatic rings. The van der Waals surface area contributed by atoms with E-state index < -0.39 is 17.9 Å². The van der Waals surface area contributed by atoms with Crippen LogP contribution in [0.1, 0.15) is 33.1 Å². The van der Waals surface area contributed by atoms with Gasteiger partial charge in [-0.1, -0.05) is 19.9 Å². The van der Waals surface area contributed by atoms with Crippen molar-refractivity contribution in [2.45, 2.75) is 33.1 Å². The molecule has 0 heterocycles. The second kappa shape index (κ2) is 10.4. The summed E-state index contributed by atoms with van der Waals surface area (Å²) in [6, 6.07) is 0. The Morgan fingerprint density at radius 2 is 1.87 bits per heavy atom. The molecule has 5 heteroatoms. The minimum atomic E-state index is -0.981. The molecule has 0 rings (SSSR count). The number of carboxylic acid groups (broad SMARTS) is 1. The van der Waals surface area contributed by atoms with Crippen molar-refractivity contribution >= 4 is 17.9 Å². The second-order valence-electron chi connectivity index (χ2n) is 2.61. The maximum absolute atomic E-state index is 10.6. The molecule has 0 spiro atoms. The highest BCUT2D eigenvalue weighted by molar-refractivity contribution is 5.83. The van der Waals surface area contributed by atoms with Crippen LogP contribution in [0.3, 0.4) is 0 Å². The lowest BCUT2D eigenvalue weighted by molar-refractivity contribution is -0.158. The maximum Gasteiger partial charge on any atom is 0.327 e. The lowest BCUT2D eigenvalue weighted by Gasteiger charge is -1.96. The summed E-state index contributed by atoms with van der Waals surface area (Å²) in [6.07, 6.45) is 2.90. The van der Waals surface area contributed by atoms with Gasteiger partial charge in [0.05, 0.1) is 0 Å². The summed E-state index contributed by atoms with van der Waals surface area (Å²) in [5, 5.41) is 7.60. The molecule has 0 aliphatic rings. The summed E-state index contributed by atoms with van der Waals surface area (Å²) in [6.45, 7) is 6.16. The second-order valence-corrected chi connectivity index (χ2v) is 2.61. The van der Waals surface area contributed by atoms with Crippen LogP contribution in [0, 0.1) is 0 Å². The zero-order chi connectivity index (χ0) is 12.3. The number of rotatable bonds is 4. The molecule has 0 aromatic heterocycles. The molecule has 0 bridgehead atoms. The fraction of sp³-hybridized carbons (Fsp3) is 0.500. The van der Waals surface area contributed by atoms with E-state index in [4.69, 9.17) is 5.11 Å². The van der Waals surface area contributed by atoms with Crippen molar-refractivity contribution in [2.24, 2.45) is 0 Å². The zero-order valence-electron chi connectivity index (χ0n) is 8.99. The van der Waals surface area contributed by atoms with Crippen molar-refractivity contribution in [2.75, 3.05) is 0 Å². The highest BCUT2D eigenvalue weighted by Gasteiger charge is 2.03. The Balaban J connectivity index is 0. The quantitative estimate of drug-likeness (QED) is 0.437. The van der Waals surface area contributed by atoms with Gasteiger partial charge in [-0.05, 0) is 6.42 Å². The Kier molecular flexibility index (Phi) is 11.0. The molecule has 5 nitrogen and oxygen atoms in total. The number of aliphatic carboxylic acids is 1. The third kappa shape index (κ3) is 19.0. The molecule has 1 N–H and O–H groups in total. The number of ether oxygens (including phenoxy) is 1. The molecule has 0 atom stereocenters. The van der Waals surface area contributed by atoms with Gasteiger partial charge in [-0.3, -0.25) is 9.59 Å². The van der Waals surface area contributed by atoms with Gasteiger partial charge in [-0.2, -0.15) is 0 Å². The van der Waals surface area contributed by atoms with Crippen LogP contribution < -0.4 is 0 Å². The average molecular weight is 216 g/mol. The molecule has 0 amide bonds. The Bertz CT molecular complexity index is 232. The number of carbonyl (C=O) groups excluding carboxylic acids is 2. The number of carbonyl (C=O) groups is 3. The van der Waals surface area contributed by atoms with E-state index >= 15 is 0 Å². The summed E-state index contributed by atoms with van der Waals surface area (Å²) in [5.41, 5.74) is 0. The van der Waals surface area contributed by atoms with Crippen LogP contribution in [0.5, 0.6) is 0 Å². The Morgan fingerprint density at radius 1 is 1.40 bits per heavy atom. The van der Waals surface area contributed by atoms with Crippen LogP contribution >= 0.6 is 0 Å². The highest BCUT2D eigenvalue weighted by Crippen LogP contribution is 1.95. The van der Waals surface area contributed by atoms with Crippen molar-refractivity contribution in [3.63, 3.8) is 0 Å². The third-order valence-corrected chi connectivity index (χ3v) is 1.17. The van der Waals surface area contributed by atoms with Crippen molar-refractivity contribution in [1.82, 2.24) is 0 Å². The predicted octanol–water partition coefficient (Wildman–Crippen LogP) is 1.52. The molecular formula is C10H16O5. The average Bonchev–Trinajstić information content (AvgIpc) is 2.14. The van der Waals surface area contributed by atoms with Gasteiger partial charge in [-0.25, -0.2) is 4.79 Å². The first-order valence-electron chi connectivity index (χ1n) is 4.50. The predicted molar refractivity (Wildman–Crippen MR) is 54.1 cm³/mol. The molecule has 0 unspecified atom stereocenters. The number of unbranched alkanes of at least 4 members (excludes halogenated alkanes) is 1. The van der Waals surface area contributed by atoms with Gasteiger partial charge in [-0.15, -0.1) is 0 Å². The molecule has 0 aromatic carbocycles. The molecule has 0 saturated heterocycles. The zero-order valence-corrected chi connectivity index (χ0v) is 8.99. The number of hydrogen-bond acceptors (Lipinski definition) is 4. The molecule has 86 valence electrons. The molecule has 0 saturated carbocycles. The summed E-state index contributed by atoms with van der Waals surface area (Å²) >= 11 is 0. The van der Waals surface area contributed by atoms with Crippen LogP contribution in [0.4, 0.5) is 0 Å². The summed E-state index contributed by atoms with van der Waals surface area (Å²) < 4.78 is 4.27. The van der Waals surface area contributed by atoms with Crippen LogP contribution in [0.15, 0.2) is 12.7 Å². The van der Waals surface area contributed by atoms with Crippen LogP contribution in [-0.2, 0) is 19.1 Å². The van der Waals surface area contributed by atoms with E-state index in [0.717, 1.165) is 18.9 Å². The number of esters is 2. The molecular weight excluding hydrogens is 200 g/mol. The number of hydrogen-bond donors (Lipinski definition) is 1. The normalized spacial score (nSPS) is 8.13. The van der Waals surface area contributed by atoms with Crippen molar-refractivity contribution < 1.29 is 24.2 Å². The van der Waals surface area contributed by atoms with Gasteiger partial charge in [0.15, 0.2) is 0 Å². The Labute approximate surface area is 88.7 Å². The van der Waals surface area contributed by atoms with Gasteiger partial charge in [0.1, 0.15) is 0 Å². The molecule has 15 heavy (non-hydrogen) atoms. The van der Waals surface area contributed by atoms with Gasteiger partial charge in [0.2, 0.25) is 0 Å². The molecule has 0 radical (unpaired) electrons. The maximum atomic E-state index is 10.6. The Morgan fingerprint density at radius 3 is 2.13 bits per heavy atom. The van der Waals surface area contributed by atoms with Gasteiger partial charge in [0.25, 0.3) is 0 Å². The standard InChI is InChI=1S/C7H12O3.C3H4O2/c1-3-4-5-7(9)10-6(2)8;1-2-3(4)5/h3-5H2,1-2H3;2H,1H2,(H,4,5). The minimum Gasteiger partial charge on any atom is -0.478 e. The fourth-order valence-electron chi connectivity index (χ4n) is 0.532. The van der Waals surface area contributed by atoms with Crippen molar-refractivity contribution in [3.8, 4) is 0 Å². The van der Waals surface area contributed by atoms with Gasteiger partial charge in [0, 0.05) is 19.4 Å². The summed E-state index contributed by atoms with van der Waals surface area (Å²) in [5.74, 6) is -1.93. The van der Waals surface area contributed by atoms with Crippen molar-refractivity contribution in [1.29, 1.82) is 0 Å². The molecule has 0 aliphatic heterocycles. The first kappa shape index (κ1) is 15.8. The SMILES string of the molecule is C=CC(=O)O.CCCCC(=O)OC(C)=O. The van der Waals surface area contributed by atoms with E-state index in [2.05, 4.69) is 11.3 Å². The van der Waals surface area contributed by atoms with Crippen LogP contribution in [-0.4, -0.2) is 23.0 Å². The number of carboxylic acids is 1. The first-order valence-corrected chi connectivity index (χ1v) is 4.50. The molecule has 0 fully saturated rings. The van der Waals surface area contributed by atoms with Gasteiger partial charge >= 0.3 is 17.9 Å². The fourth-order valence-corrected chi connectivity index (χ4v) is 0.532. The topological polar surface area (TPSA) is 80.7 Å². The van der Waals surface area contributed by atoms with E-state index in [9.17, 15) is 14.4 Å². The smallest absolute Gasteiger partial charge is 0.327 e. The van der Waals surface area contributed by atoms with E-state index in [1.165, 1.54) is 6.92 Å². The van der Waals surface area contributed by atoms with E-state index in [1.54, 1.807) is 0 Å². The lowest BCUT2D eigenvalue weighted by atomic mass is 10.2. The lowest BCUT2D eigenvalue weighted by Crippen LogP contribution is -2.07. The molecule has 0 aliphatic carbocycles. The minimum absolute atomic E-state index is 0.343. The Hall–Kier alpha value is -1.65. The van der Waals surface area contributed by atoms with Crippen molar-refractivity contribution in [3.05, 3.63) is 12.7 Å². The monoisotopic (exact) mass is 216 g/mol. The van der Waals surface area contributed by atoms with Gasteiger partial charge < -0.3 is 9.84 Å². The third-order valence-electron chi connectivity index (χ3n) is 1.17. The largest absolute Gasteiger partial charge is 0.478 e.